The van der Waals surface area contributed by atoms with Crippen molar-refractivity contribution in [3.63, 3.8) is 0 Å². The second-order valence-electron chi connectivity index (χ2n) is 4.92. The molecule has 0 spiro atoms. The van der Waals surface area contributed by atoms with Gasteiger partial charge in [-0.05, 0) is 35.0 Å². The van der Waals surface area contributed by atoms with Crippen LogP contribution in [0.2, 0.25) is 0 Å². The summed E-state index contributed by atoms with van der Waals surface area (Å²) in [7, 11) is 0. The molecule has 3 unspecified atom stereocenters. The number of rotatable bonds is 5. The van der Waals surface area contributed by atoms with E-state index in [0.717, 1.165) is 11.0 Å². The highest BCUT2D eigenvalue weighted by Gasteiger charge is 2.26. The van der Waals surface area contributed by atoms with Crippen LogP contribution in [0.1, 0.15) is 6.92 Å². The van der Waals surface area contributed by atoms with Crippen LogP contribution in [0.25, 0.3) is 0 Å². The molecule has 0 aromatic heterocycles. The van der Waals surface area contributed by atoms with Gasteiger partial charge in [0.05, 0.1) is 10.6 Å². The van der Waals surface area contributed by atoms with Gasteiger partial charge in [0.15, 0.2) is 6.10 Å². The van der Waals surface area contributed by atoms with E-state index in [1.807, 2.05) is 18.2 Å². The van der Waals surface area contributed by atoms with Crippen LogP contribution < -0.4 is 15.4 Å². The first-order valence-corrected chi connectivity index (χ1v) is 7.45. The van der Waals surface area contributed by atoms with E-state index in [1.165, 1.54) is 0 Å². The molecule has 118 valence electrons. The summed E-state index contributed by atoms with van der Waals surface area (Å²) in [6.07, 6.45) is -0.977. The smallest absolute Gasteiger partial charge is 0.260 e. The highest BCUT2D eigenvalue weighted by molar-refractivity contribution is 9.10. The Labute approximate surface area is 139 Å². The average Bonchev–Trinajstić information content (AvgIpc) is 2.84. The molecule has 0 bridgehead atoms. The van der Waals surface area contributed by atoms with Gasteiger partial charge in [0.1, 0.15) is 5.75 Å². The van der Waals surface area contributed by atoms with E-state index in [-0.39, 0.29) is 24.2 Å². The van der Waals surface area contributed by atoms with E-state index in [4.69, 9.17) is 4.74 Å². The van der Waals surface area contributed by atoms with Crippen molar-refractivity contribution in [2.75, 3.05) is 19.6 Å². The molecule has 5 nitrogen and oxygen atoms in total. The SMILES string of the molecule is CC(Oc1ccccc1Br)C(=O)NCC1CNCC1O.Cl. The van der Waals surface area contributed by atoms with Gasteiger partial charge >= 0.3 is 0 Å². The number of nitrogens with one attached hydrogen (secondary N) is 2. The first-order chi connectivity index (χ1) is 9.58. The zero-order valence-corrected chi connectivity index (χ0v) is 14.1. The fourth-order valence-corrected chi connectivity index (χ4v) is 2.47. The highest BCUT2D eigenvalue weighted by Crippen LogP contribution is 2.24. The van der Waals surface area contributed by atoms with Gasteiger partial charge in [0.25, 0.3) is 5.91 Å². The van der Waals surface area contributed by atoms with E-state index in [9.17, 15) is 9.90 Å². The quantitative estimate of drug-likeness (QED) is 0.722. The minimum Gasteiger partial charge on any atom is -0.480 e. The molecule has 2 rings (SSSR count). The van der Waals surface area contributed by atoms with Crippen molar-refractivity contribution in [3.05, 3.63) is 28.7 Å². The highest BCUT2D eigenvalue weighted by atomic mass is 79.9. The number of carbonyl (C=O) groups excluding carboxylic acids is 1. The molecule has 3 atom stereocenters. The second kappa shape index (κ2) is 8.58. The van der Waals surface area contributed by atoms with Gasteiger partial charge in [0, 0.05) is 25.6 Å². The molecule has 1 amide bonds. The van der Waals surface area contributed by atoms with Crippen LogP contribution in [-0.4, -0.2) is 42.9 Å². The van der Waals surface area contributed by atoms with Crippen molar-refractivity contribution in [2.45, 2.75) is 19.1 Å². The molecule has 21 heavy (non-hydrogen) atoms. The number of para-hydroxylation sites is 1. The van der Waals surface area contributed by atoms with E-state index < -0.39 is 12.2 Å². The zero-order valence-electron chi connectivity index (χ0n) is 11.7. The molecule has 1 fully saturated rings. The van der Waals surface area contributed by atoms with E-state index in [1.54, 1.807) is 13.0 Å². The lowest BCUT2D eigenvalue weighted by Crippen LogP contribution is -2.41. The number of hydrogen-bond donors (Lipinski definition) is 3. The van der Waals surface area contributed by atoms with E-state index in [2.05, 4.69) is 26.6 Å². The first kappa shape index (κ1) is 18.2. The summed E-state index contributed by atoms with van der Waals surface area (Å²) in [6, 6.07) is 7.40. The fourth-order valence-electron chi connectivity index (χ4n) is 2.09. The molecule has 1 aromatic rings. The topological polar surface area (TPSA) is 70.6 Å². The lowest BCUT2D eigenvalue weighted by molar-refractivity contribution is -0.127. The Morgan fingerprint density at radius 1 is 1.52 bits per heavy atom. The van der Waals surface area contributed by atoms with Crippen molar-refractivity contribution in [2.24, 2.45) is 5.92 Å². The van der Waals surface area contributed by atoms with E-state index in [0.29, 0.717) is 18.8 Å². The largest absolute Gasteiger partial charge is 0.480 e. The summed E-state index contributed by atoms with van der Waals surface area (Å²) < 4.78 is 6.43. The molecule has 0 aliphatic carbocycles. The Balaban J connectivity index is 0.00000220. The second-order valence-corrected chi connectivity index (χ2v) is 5.78. The first-order valence-electron chi connectivity index (χ1n) is 6.65. The Morgan fingerprint density at radius 3 is 2.86 bits per heavy atom. The van der Waals surface area contributed by atoms with Crippen molar-refractivity contribution in [3.8, 4) is 5.75 Å². The fraction of sp³-hybridized carbons (Fsp3) is 0.500. The summed E-state index contributed by atoms with van der Waals surface area (Å²) in [5.41, 5.74) is 0. The van der Waals surface area contributed by atoms with E-state index >= 15 is 0 Å². The summed E-state index contributed by atoms with van der Waals surface area (Å²) >= 11 is 3.38. The standard InChI is InChI=1S/C14H19BrN2O3.ClH/c1-9(20-13-5-3-2-4-11(13)15)14(19)17-7-10-6-16-8-12(10)18;/h2-5,9-10,12,16,18H,6-8H2,1H3,(H,17,19);1H. The molecule has 7 heteroatoms. The van der Waals surface area contributed by atoms with Crippen LogP contribution in [0.3, 0.4) is 0 Å². The number of aliphatic hydroxyl groups excluding tert-OH is 1. The third-order valence-electron chi connectivity index (χ3n) is 3.35. The van der Waals surface area contributed by atoms with Gasteiger partial charge in [-0.2, -0.15) is 0 Å². The Hall–Kier alpha value is -0.820. The van der Waals surface area contributed by atoms with Crippen molar-refractivity contribution in [1.82, 2.24) is 10.6 Å². The van der Waals surface area contributed by atoms with Crippen LogP contribution >= 0.6 is 28.3 Å². The van der Waals surface area contributed by atoms with Gasteiger partial charge in [0.2, 0.25) is 0 Å². The molecular formula is C14H20BrClN2O3. The van der Waals surface area contributed by atoms with Crippen LogP contribution in [0, 0.1) is 5.92 Å². The van der Waals surface area contributed by atoms with Gasteiger partial charge in [-0.3, -0.25) is 4.79 Å². The Morgan fingerprint density at radius 2 is 2.24 bits per heavy atom. The van der Waals surface area contributed by atoms with Crippen molar-refractivity contribution < 1.29 is 14.6 Å². The molecule has 1 heterocycles. The van der Waals surface area contributed by atoms with Crippen molar-refractivity contribution >= 4 is 34.2 Å². The predicted octanol–water partition coefficient (Wildman–Crippen LogP) is 1.33. The number of halogens is 2. The minimum absolute atomic E-state index is 0. The number of carbonyl (C=O) groups is 1. The van der Waals surface area contributed by atoms with Gasteiger partial charge in [-0.25, -0.2) is 0 Å². The monoisotopic (exact) mass is 378 g/mol. The number of hydrogen-bond acceptors (Lipinski definition) is 4. The molecule has 0 saturated carbocycles. The lowest BCUT2D eigenvalue weighted by Gasteiger charge is -2.18. The number of aliphatic hydroxyl groups is 1. The maximum absolute atomic E-state index is 12.0. The van der Waals surface area contributed by atoms with Crippen molar-refractivity contribution in [1.29, 1.82) is 0 Å². The lowest BCUT2D eigenvalue weighted by atomic mass is 10.1. The molecule has 1 aliphatic heterocycles. The molecule has 1 aliphatic rings. The minimum atomic E-state index is -0.583. The summed E-state index contributed by atoms with van der Waals surface area (Å²) in [6.45, 7) is 3.47. The Bertz CT molecular complexity index is 475. The normalized spacial score (nSPS) is 22.2. The van der Waals surface area contributed by atoms with Gasteiger partial charge in [-0.1, -0.05) is 12.1 Å². The maximum Gasteiger partial charge on any atom is 0.260 e. The average molecular weight is 380 g/mol. The van der Waals surface area contributed by atoms with Gasteiger partial charge in [-0.15, -0.1) is 12.4 Å². The summed E-state index contributed by atoms with van der Waals surface area (Å²) in [5.74, 6) is 0.521. The molecule has 1 aromatic carbocycles. The van der Waals surface area contributed by atoms with Crippen LogP contribution in [0.5, 0.6) is 5.75 Å². The third-order valence-corrected chi connectivity index (χ3v) is 4.01. The number of benzene rings is 1. The molecule has 0 radical (unpaired) electrons. The van der Waals surface area contributed by atoms with Crippen LogP contribution in [0.4, 0.5) is 0 Å². The zero-order chi connectivity index (χ0) is 14.5. The van der Waals surface area contributed by atoms with Crippen LogP contribution in [0.15, 0.2) is 28.7 Å². The molecular weight excluding hydrogens is 360 g/mol. The number of β-amino-alcohol motifs (C(OH)–C–C–N with tert-alkyl or cyclic N) is 1. The number of ether oxygens (including phenoxy) is 1. The molecule has 3 N–H and O–H groups in total. The summed E-state index contributed by atoms with van der Waals surface area (Å²) in [4.78, 5) is 12.0. The predicted molar refractivity (Wildman–Crippen MR) is 86.9 cm³/mol. The Kier molecular flexibility index (Phi) is 7.45. The number of amides is 1. The maximum atomic E-state index is 12.0. The third kappa shape index (κ3) is 5.14. The van der Waals surface area contributed by atoms with Gasteiger partial charge < -0.3 is 20.5 Å². The molecule has 1 saturated heterocycles. The van der Waals surface area contributed by atoms with Crippen LogP contribution in [-0.2, 0) is 4.79 Å². The summed E-state index contributed by atoms with van der Waals surface area (Å²) in [5, 5.41) is 15.6.